The fourth-order valence-corrected chi connectivity index (χ4v) is 2.43. The molecule has 0 bridgehead atoms. The Hall–Kier alpha value is -2.20. The number of nitrogens with one attached hydrogen (secondary N) is 1. The molecule has 1 aromatic carbocycles. The summed E-state index contributed by atoms with van der Waals surface area (Å²) in [5.74, 6) is 0.905. The predicted molar refractivity (Wildman–Crippen MR) is 79.1 cm³/mol. The number of thiazole rings is 1. The first-order valence-corrected chi connectivity index (χ1v) is 6.93. The fraction of sp³-hybridized carbons (Fsp3) is 0.0667. The molecular weight excluding hydrogens is 254 g/mol. The molecule has 0 spiro atoms. The van der Waals surface area contributed by atoms with Gasteiger partial charge >= 0.3 is 0 Å². The summed E-state index contributed by atoms with van der Waals surface area (Å²) in [6, 6.07) is 14.3. The molecule has 0 fully saturated rings. The number of pyridine rings is 1. The summed E-state index contributed by atoms with van der Waals surface area (Å²) < 4.78 is 0. The van der Waals surface area contributed by atoms with E-state index >= 15 is 0 Å². The van der Waals surface area contributed by atoms with E-state index < -0.39 is 0 Å². The number of anilines is 1. The lowest BCUT2D eigenvalue weighted by Crippen LogP contribution is -2.01. The van der Waals surface area contributed by atoms with E-state index in [1.165, 1.54) is 10.4 Å². The topological polar surface area (TPSA) is 37.8 Å². The summed E-state index contributed by atoms with van der Waals surface area (Å²) in [5, 5.41) is 3.37. The van der Waals surface area contributed by atoms with Gasteiger partial charge in [-0.1, -0.05) is 30.3 Å². The first kappa shape index (κ1) is 11.9. The van der Waals surface area contributed by atoms with Crippen molar-refractivity contribution in [2.45, 2.75) is 6.54 Å². The average Bonchev–Trinajstić information content (AvgIpc) is 3.00. The smallest absolute Gasteiger partial charge is 0.134 e. The molecule has 0 unspecified atom stereocenters. The number of benzene rings is 1. The molecule has 0 aliphatic heterocycles. The average molecular weight is 267 g/mol. The number of hydrogen-bond acceptors (Lipinski definition) is 4. The van der Waals surface area contributed by atoms with Gasteiger partial charge in [0.15, 0.2) is 0 Å². The van der Waals surface area contributed by atoms with Crippen molar-refractivity contribution in [3.8, 4) is 11.1 Å². The molecule has 3 aromatic rings. The van der Waals surface area contributed by atoms with Gasteiger partial charge in [-0.3, -0.25) is 4.98 Å². The van der Waals surface area contributed by atoms with Crippen LogP contribution in [0, 0.1) is 0 Å². The lowest BCUT2D eigenvalue weighted by molar-refractivity contribution is 1.13. The van der Waals surface area contributed by atoms with Gasteiger partial charge in [-0.2, -0.15) is 0 Å². The summed E-state index contributed by atoms with van der Waals surface area (Å²) in [4.78, 5) is 9.70. The van der Waals surface area contributed by atoms with Crippen LogP contribution in [0.4, 0.5) is 5.82 Å². The minimum Gasteiger partial charge on any atom is -0.365 e. The van der Waals surface area contributed by atoms with Crippen molar-refractivity contribution < 1.29 is 0 Å². The molecule has 1 N–H and O–H groups in total. The van der Waals surface area contributed by atoms with Gasteiger partial charge in [0.05, 0.1) is 12.1 Å². The highest BCUT2D eigenvalue weighted by Crippen LogP contribution is 2.26. The SMILES string of the molecule is c1ccc(-c2cccnc2NCc2cncs2)cc1. The van der Waals surface area contributed by atoms with Crippen LogP contribution >= 0.6 is 11.3 Å². The predicted octanol–water partition coefficient (Wildman–Crippen LogP) is 3.82. The third-order valence-corrected chi connectivity index (χ3v) is 3.59. The highest BCUT2D eigenvalue weighted by molar-refractivity contribution is 7.09. The van der Waals surface area contributed by atoms with E-state index in [4.69, 9.17) is 0 Å². The van der Waals surface area contributed by atoms with Crippen LogP contribution in [0.2, 0.25) is 0 Å². The minimum absolute atomic E-state index is 0.752. The second kappa shape index (κ2) is 5.63. The van der Waals surface area contributed by atoms with Gasteiger partial charge in [0.1, 0.15) is 5.82 Å². The molecule has 2 heterocycles. The molecule has 3 rings (SSSR count). The van der Waals surface area contributed by atoms with E-state index in [0.29, 0.717) is 0 Å². The van der Waals surface area contributed by atoms with Crippen LogP contribution in [-0.4, -0.2) is 9.97 Å². The van der Waals surface area contributed by atoms with Crippen molar-refractivity contribution in [2.24, 2.45) is 0 Å². The van der Waals surface area contributed by atoms with Gasteiger partial charge in [-0.05, 0) is 17.7 Å². The number of rotatable bonds is 4. The van der Waals surface area contributed by atoms with Crippen molar-refractivity contribution in [1.29, 1.82) is 0 Å². The molecule has 0 aliphatic carbocycles. The number of aromatic nitrogens is 2. The van der Waals surface area contributed by atoms with Crippen LogP contribution < -0.4 is 5.32 Å². The molecule has 0 saturated heterocycles. The maximum Gasteiger partial charge on any atom is 0.134 e. The fourth-order valence-electron chi connectivity index (χ4n) is 1.90. The Morgan fingerprint density at radius 1 is 1.05 bits per heavy atom. The second-order valence-electron chi connectivity index (χ2n) is 4.09. The van der Waals surface area contributed by atoms with Crippen molar-refractivity contribution in [3.05, 3.63) is 65.2 Å². The summed E-state index contributed by atoms with van der Waals surface area (Å²) >= 11 is 1.64. The van der Waals surface area contributed by atoms with Crippen LogP contribution in [0.25, 0.3) is 11.1 Å². The maximum absolute atomic E-state index is 4.43. The van der Waals surface area contributed by atoms with Gasteiger partial charge < -0.3 is 5.32 Å². The molecule has 0 radical (unpaired) electrons. The zero-order chi connectivity index (χ0) is 12.9. The van der Waals surface area contributed by atoms with Crippen molar-refractivity contribution >= 4 is 17.2 Å². The normalized spacial score (nSPS) is 10.3. The Labute approximate surface area is 116 Å². The third-order valence-electron chi connectivity index (χ3n) is 2.81. The van der Waals surface area contributed by atoms with Gasteiger partial charge in [-0.25, -0.2) is 4.98 Å². The molecule has 0 amide bonds. The van der Waals surface area contributed by atoms with Crippen LogP contribution in [0.3, 0.4) is 0 Å². The maximum atomic E-state index is 4.43. The highest BCUT2D eigenvalue weighted by Gasteiger charge is 2.05. The van der Waals surface area contributed by atoms with Crippen molar-refractivity contribution in [2.75, 3.05) is 5.32 Å². The van der Waals surface area contributed by atoms with E-state index in [1.54, 1.807) is 17.5 Å². The van der Waals surface area contributed by atoms with Crippen molar-refractivity contribution in [1.82, 2.24) is 9.97 Å². The molecule has 3 nitrogen and oxygen atoms in total. The standard InChI is InChI=1S/C15H13N3S/c1-2-5-12(6-3-1)14-7-4-8-17-15(14)18-10-13-9-16-11-19-13/h1-9,11H,10H2,(H,17,18). The third kappa shape index (κ3) is 2.80. The monoisotopic (exact) mass is 267 g/mol. The first-order chi connectivity index (χ1) is 9.43. The van der Waals surface area contributed by atoms with E-state index in [0.717, 1.165) is 17.9 Å². The molecule has 94 valence electrons. The lowest BCUT2D eigenvalue weighted by Gasteiger charge is -2.10. The van der Waals surface area contributed by atoms with Gasteiger partial charge in [-0.15, -0.1) is 11.3 Å². The van der Waals surface area contributed by atoms with E-state index in [2.05, 4.69) is 33.5 Å². The number of hydrogen-bond donors (Lipinski definition) is 1. The van der Waals surface area contributed by atoms with Gasteiger partial charge in [0.2, 0.25) is 0 Å². The van der Waals surface area contributed by atoms with E-state index in [1.807, 2.05) is 36.0 Å². The zero-order valence-electron chi connectivity index (χ0n) is 10.3. The molecule has 4 heteroatoms. The molecule has 0 atom stereocenters. The molecule has 2 aromatic heterocycles. The molecule has 0 saturated carbocycles. The Morgan fingerprint density at radius 2 is 1.95 bits per heavy atom. The highest BCUT2D eigenvalue weighted by atomic mass is 32.1. The van der Waals surface area contributed by atoms with Crippen molar-refractivity contribution in [3.63, 3.8) is 0 Å². The zero-order valence-corrected chi connectivity index (χ0v) is 11.1. The summed E-state index contributed by atoms with van der Waals surface area (Å²) in [5.41, 5.74) is 4.13. The molecular formula is C15H13N3S. The Bertz CT molecular complexity index is 636. The van der Waals surface area contributed by atoms with Crippen LogP contribution in [0.5, 0.6) is 0 Å². The van der Waals surface area contributed by atoms with Gasteiger partial charge in [0, 0.05) is 22.8 Å². The molecule has 0 aliphatic rings. The summed E-state index contributed by atoms with van der Waals surface area (Å²) in [7, 11) is 0. The van der Waals surface area contributed by atoms with Crippen LogP contribution in [0.15, 0.2) is 60.4 Å². The van der Waals surface area contributed by atoms with E-state index in [-0.39, 0.29) is 0 Å². The Balaban J connectivity index is 1.85. The quantitative estimate of drug-likeness (QED) is 0.781. The first-order valence-electron chi connectivity index (χ1n) is 6.05. The van der Waals surface area contributed by atoms with Crippen LogP contribution in [-0.2, 0) is 6.54 Å². The Kier molecular flexibility index (Phi) is 3.51. The molecule has 19 heavy (non-hydrogen) atoms. The van der Waals surface area contributed by atoms with Gasteiger partial charge in [0.25, 0.3) is 0 Å². The minimum atomic E-state index is 0.752. The summed E-state index contributed by atoms with van der Waals surface area (Å²) in [6.07, 6.45) is 3.68. The second-order valence-corrected chi connectivity index (χ2v) is 5.06. The van der Waals surface area contributed by atoms with Crippen LogP contribution in [0.1, 0.15) is 4.88 Å². The largest absolute Gasteiger partial charge is 0.365 e. The number of nitrogens with zero attached hydrogens (tertiary/aromatic N) is 2. The lowest BCUT2D eigenvalue weighted by atomic mass is 10.1. The summed E-state index contributed by atoms with van der Waals surface area (Å²) in [6.45, 7) is 0.752. The Morgan fingerprint density at radius 3 is 2.74 bits per heavy atom. The van der Waals surface area contributed by atoms with E-state index in [9.17, 15) is 0 Å².